The molecule has 2 aromatic carbocycles. The number of carbonyl (C=O) groups is 5. The molecule has 0 spiro atoms. The van der Waals surface area contributed by atoms with Gasteiger partial charge >= 0.3 is 0 Å². The van der Waals surface area contributed by atoms with Crippen molar-refractivity contribution in [3.8, 4) is 10.4 Å². The Morgan fingerprint density at radius 3 is 2.16 bits per heavy atom. The van der Waals surface area contributed by atoms with Gasteiger partial charge in [0.2, 0.25) is 17.7 Å². The first-order valence-corrected chi connectivity index (χ1v) is 30.0. The van der Waals surface area contributed by atoms with Crippen molar-refractivity contribution in [1.82, 2.24) is 40.0 Å². The van der Waals surface area contributed by atoms with Crippen LogP contribution in [0.25, 0.3) is 21.5 Å². The number of piperidine rings is 1. The van der Waals surface area contributed by atoms with Crippen molar-refractivity contribution in [2.75, 3.05) is 57.3 Å². The molecule has 0 aliphatic carbocycles. The number of β-amino-alcohol motifs (C(OH)–C–C–N with tert-alkyl or cyclic N) is 1. The number of halogens is 1. The molecule has 6 heterocycles. The van der Waals surface area contributed by atoms with Crippen molar-refractivity contribution in [1.29, 1.82) is 0 Å². The number of unbranched alkanes of at least 4 members (excludes halogenated alkanes) is 6. The van der Waals surface area contributed by atoms with Crippen LogP contribution in [-0.4, -0.2) is 139 Å². The molecule has 0 unspecified atom stereocenters. The second kappa shape index (κ2) is 27.2. The van der Waals surface area contributed by atoms with Crippen molar-refractivity contribution in [3.63, 3.8) is 0 Å². The number of aromatic amines is 1. The molecule has 16 nitrogen and oxygen atoms in total. The Balaban J connectivity index is 0.695. The highest BCUT2D eigenvalue weighted by atomic mass is 35.5. The molecule has 8 rings (SSSR count). The molecule has 3 saturated heterocycles. The van der Waals surface area contributed by atoms with E-state index in [-0.39, 0.29) is 67.1 Å². The zero-order valence-corrected chi connectivity index (χ0v) is 48.6. The summed E-state index contributed by atoms with van der Waals surface area (Å²) in [6.45, 7) is 14.9. The number of thiazole rings is 1. The lowest BCUT2D eigenvalue weighted by atomic mass is 9.76. The summed E-state index contributed by atoms with van der Waals surface area (Å²) in [6.07, 6.45) is 12.4. The van der Waals surface area contributed by atoms with Gasteiger partial charge in [0.25, 0.3) is 0 Å². The predicted octanol–water partition coefficient (Wildman–Crippen LogP) is 9.59. The number of carbonyl (C=O) groups excluding carboxylic acids is 5. The lowest BCUT2D eigenvalue weighted by Crippen LogP contribution is -2.60. The summed E-state index contributed by atoms with van der Waals surface area (Å²) in [4.78, 5) is 94.3. The summed E-state index contributed by atoms with van der Waals surface area (Å²) in [7, 11) is 0. The number of benzene rings is 2. The maximum Gasteiger partial charge on any atom is 0.240 e. The topological polar surface area (TPSA) is 211 Å². The largest absolute Gasteiger partial charge is 0.391 e. The number of fused-ring (bicyclic) bond motifs is 1. The quantitative estimate of drug-likeness (QED) is 0.0403. The molecule has 0 bridgehead atoms. The van der Waals surface area contributed by atoms with Crippen LogP contribution in [0.3, 0.4) is 0 Å². The van der Waals surface area contributed by atoms with Gasteiger partial charge in [-0.2, -0.15) is 0 Å². The van der Waals surface area contributed by atoms with Gasteiger partial charge in [0.15, 0.2) is 5.78 Å². The Morgan fingerprint density at radius 1 is 0.848 bits per heavy atom. The fourth-order valence-corrected chi connectivity index (χ4v) is 12.6. The zero-order valence-electron chi connectivity index (χ0n) is 47.1. The minimum atomic E-state index is -1.02. The molecule has 5 N–H and O–H groups in total. The third-order valence-electron chi connectivity index (χ3n) is 16.8. The fourth-order valence-electron chi connectivity index (χ4n) is 11.7. The van der Waals surface area contributed by atoms with E-state index in [1.807, 2.05) is 81.6 Å². The lowest BCUT2D eigenvalue weighted by Gasteiger charge is -2.39. The molecule has 18 heteroatoms. The number of aromatic nitrogens is 4. The Kier molecular flexibility index (Phi) is 20.5. The maximum atomic E-state index is 14.2. The highest BCUT2D eigenvalue weighted by Gasteiger charge is 2.45. The molecule has 426 valence electrons. The number of hydrogen-bond donors (Lipinski definition) is 4. The number of rotatable bonds is 25. The summed E-state index contributed by atoms with van der Waals surface area (Å²) in [5, 5.41) is 15.6. The Labute approximate surface area is 475 Å². The van der Waals surface area contributed by atoms with Crippen LogP contribution in [-0.2, 0) is 24.0 Å². The molecule has 5 atom stereocenters. The highest BCUT2D eigenvalue weighted by Crippen LogP contribution is 2.36. The Bertz CT molecular complexity index is 2830. The molecule has 79 heavy (non-hydrogen) atoms. The molecule has 5 aromatic rings. The summed E-state index contributed by atoms with van der Waals surface area (Å²) in [5.74, 6) is -0.00810. The van der Waals surface area contributed by atoms with Gasteiger partial charge < -0.3 is 35.8 Å². The number of nitrogens with two attached hydrogens (primary N) is 1. The normalized spacial score (nSPS) is 19.1. The van der Waals surface area contributed by atoms with E-state index < -0.39 is 29.0 Å². The number of likely N-dealkylation sites (tertiary alicyclic amines) is 1. The molecule has 0 radical (unpaired) electrons. The van der Waals surface area contributed by atoms with Crippen LogP contribution >= 0.6 is 22.9 Å². The summed E-state index contributed by atoms with van der Waals surface area (Å²) >= 11 is 7.87. The van der Waals surface area contributed by atoms with Crippen molar-refractivity contribution >= 4 is 69.1 Å². The standard InChI is InChI=1S/C61H83ClN10O6S/c1-41(43-15-17-45(18-16-43)55-42(2)67-40-79-55)35-53(75)52-37-48(74)38-72(52)58(77)50(60(3,4)5)36-47(73)13-11-9-7-6-8-10-12-14-54(76)70-33-31-69(32-34-70)28-24-51(44-19-21-46(62)22-20-44)68-59(78)61(63)25-29-71(30-26-61)57-49-23-27-64-56(49)65-39-66-57/h15-23,27,39-41,48,50-52,74H,6-14,24-26,28-38,63H2,1-5H3,(H,68,78)(H,64,65,66)/t41-,48-,50-,51+,52+/m1/s1. The fraction of sp³-hybridized carbons (Fsp3) is 0.574. The molecular formula is C61H83ClN10O6S. The number of aliphatic hydroxyl groups excluding tert-OH is 1. The van der Waals surface area contributed by atoms with E-state index in [0.717, 1.165) is 109 Å². The Morgan fingerprint density at radius 2 is 1.51 bits per heavy atom. The number of ketones is 2. The van der Waals surface area contributed by atoms with Gasteiger partial charge in [-0.25, -0.2) is 15.0 Å². The average molecular weight is 1120 g/mol. The van der Waals surface area contributed by atoms with Crippen LogP contribution in [0.15, 0.2) is 72.6 Å². The molecule has 3 amide bonds. The third kappa shape index (κ3) is 15.7. The van der Waals surface area contributed by atoms with Crippen LogP contribution in [0.5, 0.6) is 0 Å². The summed E-state index contributed by atoms with van der Waals surface area (Å²) in [5.41, 5.74) is 12.0. The van der Waals surface area contributed by atoms with Crippen molar-refractivity contribution < 1.29 is 29.1 Å². The lowest BCUT2D eigenvalue weighted by molar-refractivity contribution is -0.146. The second-order valence-corrected chi connectivity index (χ2v) is 25.0. The number of aliphatic hydroxyl groups is 1. The molecule has 3 aliphatic rings. The van der Waals surface area contributed by atoms with Crippen LogP contribution in [0.1, 0.15) is 153 Å². The Hall–Kier alpha value is -5.59. The second-order valence-electron chi connectivity index (χ2n) is 23.7. The number of amides is 3. The van der Waals surface area contributed by atoms with Crippen molar-refractivity contribution in [2.45, 2.75) is 161 Å². The number of nitrogens with zero attached hydrogens (tertiary/aromatic N) is 7. The van der Waals surface area contributed by atoms with Crippen LogP contribution in [0, 0.1) is 18.3 Å². The van der Waals surface area contributed by atoms with Gasteiger partial charge in [-0.1, -0.05) is 108 Å². The summed E-state index contributed by atoms with van der Waals surface area (Å²) in [6, 6.07) is 16.9. The van der Waals surface area contributed by atoms with Crippen molar-refractivity contribution in [2.24, 2.45) is 17.1 Å². The van der Waals surface area contributed by atoms with E-state index in [0.29, 0.717) is 63.3 Å². The minimum absolute atomic E-state index is 0.0545. The van der Waals surface area contributed by atoms with E-state index in [1.54, 1.807) is 22.6 Å². The van der Waals surface area contributed by atoms with Gasteiger partial charge in [0.05, 0.1) is 45.2 Å². The smallest absolute Gasteiger partial charge is 0.240 e. The molecule has 3 fully saturated rings. The first-order chi connectivity index (χ1) is 37.9. The van der Waals surface area contributed by atoms with Gasteiger partial charge in [-0.15, -0.1) is 11.3 Å². The maximum absolute atomic E-state index is 14.2. The summed E-state index contributed by atoms with van der Waals surface area (Å²) < 4.78 is 0. The van der Waals surface area contributed by atoms with Gasteiger partial charge in [-0.3, -0.25) is 28.9 Å². The number of H-pyrrole nitrogens is 1. The average Bonchev–Trinajstić information content (AvgIpc) is 4.23. The van der Waals surface area contributed by atoms with E-state index in [9.17, 15) is 29.1 Å². The van der Waals surface area contributed by atoms with Crippen molar-refractivity contribution in [3.05, 3.63) is 94.5 Å². The minimum Gasteiger partial charge on any atom is -0.391 e. The number of piperazine rings is 1. The number of hydrogen-bond acceptors (Lipinski definition) is 13. The molecular weight excluding hydrogens is 1040 g/mol. The van der Waals surface area contributed by atoms with Gasteiger partial charge in [-0.05, 0) is 85.3 Å². The monoisotopic (exact) mass is 1120 g/mol. The van der Waals surface area contributed by atoms with Crippen LogP contribution in [0.4, 0.5) is 5.82 Å². The first-order valence-electron chi connectivity index (χ1n) is 28.8. The van der Waals surface area contributed by atoms with Crippen LogP contribution < -0.4 is 16.0 Å². The predicted molar refractivity (Wildman–Crippen MR) is 313 cm³/mol. The molecule has 3 aliphatic heterocycles. The SMILES string of the molecule is Cc1ncsc1-c1ccc([C@H](C)CC(=O)[C@@H]2C[C@@H](O)CN2C(=O)[C@@H](CC(=O)CCCCCCCCCC(=O)N2CCN(CC[C@H](NC(=O)C3(N)CCN(c4ncnc5[nH]ccc45)CC3)c3ccc(Cl)cc3)CC2)C(C)(C)C)cc1. The number of nitrogens with one attached hydrogen (secondary N) is 2. The van der Waals surface area contributed by atoms with Gasteiger partial charge in [0, 0.05) is 102 Å². The highest BCUT2D eigenvalue weighted by molar-refractivity contribution is 7.13. The number of Topliss-reactive ketones (excluding diaryl/α,β-unsaturated/α-hetero) is 2. The van der Waals surface area contributed by atoms with Gasteiger partial charge in [0.1, 0.15) is 23.6 Å². The van der Waals surface area contributed by atoms with E-state index in [1.165, 1.54) is 0 Å². The molecule has 0 saturated carbocycles. The zero-order chi connectivity index (χ0) is 56.3. The number of anilines is 1. The van der Waals surface area contributed by atoms with E-state index in [4.69, 9.17) is 17.3 Å². The van der Waals surface area contributed by atoms with E-state index in [2.05, 4.69) is 59.3 Å². The molecule has 3 aromatic heterocycles. The number of aryl methyl sites for hydroxylation is 1. The van der Waals surface area contributed by atoms with Crippen LogP contribution in [0.2, 0.25) is 5.02 Å². The van der Waals surface area contributed by atoms with E-state index >= 15 is 0 Å². The first kappa shape index (κ1) is 59.5. The third-order valence-corrected chi connectivity index (χ3v) is 18.1.